The minimum Gasteiger partial charge on any atom is -0.475 e. The van der Waals surface area contributed by atoms with Crippen LogP contribution in [0.25, 0.3) is 11.1 Å². The van der Waals surface area contributed by atoms with Crippen molar-refractivity contribution < 1.29 is 129 Å². The van der Waals surface area contributed by atoms with Gasteiger partial charge in [-0.05, 0) is 85.0 Å². The number of hydrogen-bond acceptors (Lipinski definition) is 21. The van der Waals surface area contributed by atoms with Crippen LogP contribution in [-0.2, 0) is 78.3 Å². The summed E-state index contributed by atoms with van der Waals surface area (Å²) in [5, 5.41) is 82.8. The van der Waals surface area contributed by atoms with Crippen LogP contribution >= 0.6 is 0 Å². The predicted octanol–water partition coefficient (Wildman–Crippen LogP) is -2.30. The van der Waals surface area contributed by atoms with Crippen molar-refractivity contribution >= 4 is 88.8 Å². The number of amides is 11. The molecule has 1 fully saturated rings. The summed E-state index contributed by atoms with van der Waals surface area (Å²) in [6.45, 7) is 11.7. The molecule has 36 nitrogen and oxygen atoms in total. The highest BCUT2D eigenvalue weighted by molar-refractivity contribution is 6.00. The van der Waals surface area contributed by atoms with Crippen LogP contribution in [0.5, 0.6) is 0 Å². The van der Waals surface area contributed by atoms with Crippen molar-refractivity contribution in [1.29, 1.82) is 0 Å². The minimum absolute atomic E-state index is 0.00534. The van der Waals surface area contributed by atoms with Gasteiger partial charge in [-0.15, -0.1) is 0 Å². The van der Waals surface area contributed by atoms with Gasteiger partial charge < -0.3 is 111 Å². The Morgan fingerprint density at radius 2 is 1.08 bits per heavy atom. The summed E-state index contributed by atoms with van der Waals surface area (Å²) in [5.74, 6) is -22.9. The molecule has 628 valence electrons. The average Bonchev–Trinajstić information content (AvgIpc) is 0.812. The zero-order valence-electron chi connectivity index (χ0n) is 63.2. The van der Waals surface area contributed by atoms with E-state index in [-0.39, 0.29) is 62.5 Å². The van der Waals surface area contributed by atoms with E-state index in [1.807, 2.05) is 53.1 Å². The van der Waals surface area contributed by atoms with E-state index >= 15 is 14.4 Å². The van der Waals surface area contributed by atoms with Crippen LogP contribution in [0.4, 0.5) is 26.3 Å². The number of carboxylic acid groups (broad SMARTS) is 2. The minimum atomic E-state index is -5.08. The number of aliphatic hydroxyl groups excluding tert-OH is 4. The van der Waals surface area contributed by atoms with Crippen molar-refractivity contribution in [2.45, 2.75) is 198 Å². The van der Waals surface area contributed by atoms with Crippen molar-refractivity contribution in [1.82, 2.24) is 53.2 Å². The number of nitrogens with zero attached hydrogens (tertiary/aromatic N) is 1. The smallest absolute Gasteiger partial charge is 0.475 e. The van der Waals surface area contributed by atoms with Gasteiger partial charge in [0.05, 0.1) is 31.4 Å². The maximum Gasteiger partial charge on any atom is 0.490 e. The van der Waals surface area contributed by atoms with Gasteiger partial charge >= 0.3 is 30.3 Å². The molecule has 0 radical (unpaired) electrons. The number of rotatable bonds is 24. The van der Waals surface area contributed by atoms with E-state index in [0.29, 0.717) is 5.56 Å². The summed E-state index contributed by atoms with van der Waals surface area (Å²) in [6.07, 6.45) is -18.5. The maximum absolute atomic E-state index is 15.5. The summed E-state index contributed by atoms with van der Waals surface area (Å²) in [4.78, 5) is 193. The Kier molecular flexibility index (Phi) is 40.4. The van der Waals surface area contributed by atoms with Gasteiger partial charge in [0.1, 0.15) is 48.3 Å². The van der Waals surface area contributed by atoms with Crippen LogP contribution in [0, 0.1) is 23.7 Å². The van der Waals surface area contributed by atoms with Gasteiger partial charge in [-0.3, -0.25) is 57.7 Å². The number of aliphatic imine (C=N–C) groups is 1. The third kappa shape index (κ3) is 33.8. The lowest BCUT2D eigenvalue weighted by molar-refractivity contribution is -0.193. The van der Waals surface area contributed by atoms with Crippen molar-refractivity contribution in [3.05, 3.63) is 96.1 Å². The molecule has 1 heterocycles. The fraction of sp³-hybridized carbons (Fsp3) is 0.535. The summed E-state index contributed by atoms with van der Waals surface area (Å²) in [7, 11) is 0. The first kappa shape index (κ1) is 98.0. The summed E-state index contributed by atoms with van der Waals surface area (Å²) in [5.41, 5.74) is 25.4. The highest BCUT2D eigenvalue weighted by Crippen LogP contribution is 2.26. The molecule has 0 aliphatic carbocycles. The fourth-order valence-electron chi connectivity index (χ4n) is 10.4. The van der Waals surface area contributed by atoms with Crippen molar-refractivity contribution in [3.8, 4) is 11.1 Å². The molecule has 2 unspecified atom stereocenters. The van der Waals surface area contributed by atoms with Crippen LogP contribution in [0.15, 0.2) is 89.9 Å². The molecule has 24 N–H and O–H groups in total. The number of carbonyl (C=O) groups excluding carboxylic acids is 12. The summed E-state index contributed by atoms with van der Waals surface area (Å²) >= 11 is 0. The number of alkyl halides is 6. The van der Waals surface area contributed by atoms with E-state index in [4.69, 9.17) is 47.5 Å². The molecule has 1 aliphatic heterocycles. The van der Waals surface area contributed by atoms with Crippen LogP contribution in [-0.4, -0.2) is 230 Å². The first-order valence-electron chi connectivity index (χ1n) is 35.3. The van der Waals surface area contributed by atoms with Crippen molar-refractivity contribution in [3.63, 3.8) is 0 Å². The number of aliphatic hydroxyl groups is 4. The van der Waals surface area contributed by atoms with E-state index in [1.54, 1.807) is 53.7 Å². The number of benzene rings is 3. The van der Waals surface area contributed by atoms with E-state index in [1.165, 1.54) is 44.2 Å². The number of hydrogen-bond donors (Lipinski definition) is 20. The Hall–Kier alpha value is -11.1. The molecule has 15 atom stereocenters. The number of aliphatic carboxylic acids is 2. The van der Waals surface area contributed by atoms with E-state index in [2.05, 4.69) is 47.5 Å². The van der Waals surface area contributed by atoms with Gasteiger partial charge in [0.25, 0.3) is 0 Å². The van der Waals surface area contributed by atoms with Gasteiger partial charge in [-0.1, -0.05) is 147 Å². The average molecular weight is 1610 g/mol. The Balaban J connectivity index is 0.00000281. The molecule has 4 rings (SSSR count). The van der Waals surface area contributed by atoms with Crippen molar-refractivity contribution in [2.75, 3.05) is 19.7 Å². The number of primary amides is 1. The number of ether oxygens (including phenoxy) is 1. The molecular weight excluding hydrogens is 1510 g/mol. The lowest BCUT2D eigenvalue weighted by atomic mass is 9.95. The molecule has 0 saturated carbocycles. The largest absolute Gasteiger partial charge is 0.490 e. The number of nitrogens with two attached hydrogens (primary N) is 4. The van der Waals surface area contributed by atoms with Gasteiger partial charge in [0, 0.05) is 6.54 Å². The summed E-state index contributed by atoms with van der Waals surface area (Å²) < 4.78 is 69.5. The molecule has 42 heteroatoms. The maximum atomic E-state index is 15.5. The first-order chi connectivity index (χ1) is 52.6. The molecule has 1 saturated heterocycles. The molecule has 1 aliphatic rings. The van der Waals surface area contributed by atoms with Crippen LogP contribution < -0.4 is 76.1 Å². The van der Waals surface area contributed by atoms with Gasteiger partial charge in [-0.2, -0.15) is 26.3 Å². The normalized spacial score (nSPS) is 21.9. The molecule has 0 spiro atoms. The number of esters is 1. The number of nitrogens with one attached hydrogen (secondary N) is 10. The zero-order valence-corrected chi connectivity index (χ0v) is 63.2. The second kappa shape index (κ2) is 46.7. The molecule has 0 bridgehead atoms. The van der Waals surface area contributed by atoms with Gasteiger partial charge in [0.2, 0.25) is 65.0 Å². The lowest BCUT2D eigenvalue weighted by Crippen LogP contribution is -2.64. The Labute approximate surface area is 645 Å². The third-order valence-electron chi connectivity index (χ3n) is 16.7. The first-order valence-corrected chi connectivity index (χ1v) is 35.3. The van der Waals surface area contributed by atoms with Crippen LogP contribution in [0.1, 0.15) is 112 Å². The number of carbonyl (C=O) groups is 14. The van der Waals surface area contributed by atoms with E-state index in [0.717, 1.165) is 18.1 Å². The Morgan fingerprint density at radius 3 is 1.57 bits per heavy atom. The molecule has 11 amide bonds. The number of halogens is 6. The second-order valence-corrected chi connectivity index (χ2v) is 27.3. The van der Waals surface area contributed by atoms with Crippen LogP contribution in [0.3, 0.4) is 0 Å². The molecule has 3 aromatic carbocycles. The van der Waals surface area contributed by atoms with Crippen LogP contribution in [0.2, 0.25) is 0 Å². The highest BCUT2D eigenvalue weighted by atomic mass is 19.4. The van der Waals surface area contributed by atoms with Crippen molar-refractivity contribution in [2.24, 2.45) is 51.6 Å². The number of carboxylic acids is 2. The number of cyclic esters (lactones) is 1. The fourth-order valence-corrected chi connectivity index (χ4v) is 10.4. The molecule has 3 aromatic rings. The SMILES string of the molecule is CC[C@H](C)C1NC(=O)[C@@H](CCCN=C(N)N)NC(=O)[C@H](CC(C)C)NC(=O)[C@H]([C@H](O)C(C)C)NC(=O)[C@@H](NC(=O)[C@H](CC(C)C)NC(=O)[C@H](N)Cc2ccc(-c3ccccc3)cc2)[C@@H](c2ccccc2)OC(=O)[C@H](CO)NC(=O)[C@H]([C@H](O)C(N)=O)NC(=O)CNC(=O)C([C@H](C)O)NC1=O.O=C(O)C(F)(F)F.O=C(O)C(F)(F)F. The quantitative estimate of drug-likeness (QED) is 0.0147. The Bertz CT molecular complexity index is 3700. The number of guanidine groups is 1. The molecule has 113 heavy (non-hydrogen) atoms. The zero-order chi connectivity index (χ0) is 86.1. The van der Waals surface area contributed by atoms with Gasteiger partial charge in [0.15, 0.2) is 24.2 Å². The van der Waals surface area contributed by atoms with E-state index < -0.39 is 211 Å². The monoisotopic (exact) mass is 1610 g/mol. The standard InChI is InChI=1S/C67H99N15O17.2C2HF3O2/c1-10-36(8)48-62(94)80-49(37(9)84)61(93)73-31-47(85)78-51(54(87)56(69)88)64(96)77-46(32-83)66(98)99-55(41-20-15-12-16-21-41)52(82-60(92)45(29-34(4)5)75-57(89)42(68)30-38-23-25-40(26-24-38)39-18-13-11-14-19-39)65(97)81-50(53(86)35(6)7)63(95)76-44(28-33(2)3)59(91)74-43(58(90)79-48)22-17-27-72-67(70)71;2*3-2(4,5)1(6)7/h11-16,18-21,23-26,33-37,42-46,48-55,83-84,86-87H,10,17,22,27-32,68H2,1-9H3,(H2,69,88)(H,73,93)(H,74,91)(H,75,89)(H,76,95)(H,77,96)(H,78,85)(H,79,90)(H,80,94)(H,81,97)(H,82,92)(H4,70,71,72);2*(H,6,7)/t36-,37-,42+,43+,44-,45-,46-,48?,49?,50-,51-,52-,53+,54-,55+;;/m0../s1. The molecule has 0 aromatic heterocycles. The topological polar surface area (TPSA) is 606 Å². The summed E-state index contributed by atoms with van der Waals surface area (Å²) in [6, 6.07) is 5.76. The second-order valence-electron chi connectivity index (χ2n) is 27.3. The lowest BCUT2D eigenvalue weighted by Gasteiger charge is -2.33. The van der Waals surface area contributed by atoms with E-state index in [9.17, 15) is 89.9 Å². The Morgan fingerprint density at radius 1 is 0.593 bits per heavy atom. The van der Waals surface area contributed by atoms with Gasteiger partial charge in [-0.25, -0.2) is 14.4 Å². The highest BCUT2D eigenvalue weighted by Gasteiger charge is 2.45. The predicted molar refractivity (Wildman–Crippen MR) is 390 cm³/mol. The molecular formula is C71H101F6N15O21. The third-order valence-corrected chi connectivity index (χ3v) is 16.7.